The second-order valence-corrected chi connectivity index (χ2v) is 8.72. The Bertz CT molecular complexity index is 1060. The molecule has 0 saturated carbocycles. The van der Waals surface area contributed by atoms with Crippen LogP contribution in [0.5, 0.6) is 0 Å². The summed E-state index contributed by atoms with van der Waals surface area (Å²) in [6.45, 7) is 4.58. The molecular formula is C21H21BrN2O3S. The Morgan fingerprint density at radius 2 is 1.96 bits per heavy atom. The number of nitrogens with zero attached hydrogens (tertiary/aromatic N) is 2. The topological polar surface area (TPSA) is 61.2 Å². The Morgan fingerprint density at radius 1 is 1.25 bits per heavy atom. The highest BCUT2D eigenvalue weighted by Gasteiger charge is 2.20. The predicted molar refractivity (Wildman–Crippen MR) is 116 cm³/mol. The average molecular weight is 461 g/mol. The van der Waals surface area contributed by atoms with Crippen molar-refractivity contribution in [1.29, 1.82) is 0 Å². The lowest BCUT2D eigenvalue weighted by Crippen LogP contribution is -2.26. The van der Waals surface area contributed by atoms with Crippen molar-refractivity contribution in [1.82, 2.24) is 9.55 Å². The zero-order chi connectivity index (χ0) is 20.3. The molecule has 1 aromatic heterocycles. The number of hydrogen-bond acceptors (Lipinski definition) is 5. The molecule has 3 aromatic rings. The quantitative estimate of drug-likeness (QED) is 0.295. The number of methoxy groups -OCH3 is 1. The fourth-order valence-corrected chi connectivity index (χ4v) is 4.18. The number of aryl methyl sites for hydroxylation is 1. The van der Waals surface area contributed by atoms with Gasteiger partial charge in [-0.25, -0.2) is 4.98 Å². The van der Waals surface area contributed by atoms with Crippen LogP contribution in [0.3, 0.4) is 0 Å². The normalized spacial score (nSPS) is 12.3. The van der Waals surface area contributed by atoms with Crippen LogP contribution in [0, 0.1) is 6.92 Å². The number of rotatable bonds is 7. The van der Waals surface area contributed by atoms with Gasteiger partial charge in [0, 0.05) is 17.1 Å². The van der Waals surface area contributed by atoms with Crippen molar-refractivity contribution in [3.63, 3.8) is 0 Å². The van der Waals surface area contributed by atoms with Crippen LogP contribution in [0.25, 0.3) is 10.9 Å². The number of carbonyl (C=O) groups is 1. The maximum Gasteiger partial charge on any atom is 0.262 e. The summed E-state index contributed by atoms with van der Waals surface area (Å²) in [6.07, 6.45) is 0. The third kappa shape index (κ3) is 4.54. The number of hydrogen-bond donors (Lipinski definition) is 0. The number of fused-ring (bicyclic) bond motifs is 1. The van der Waals surface area contributed by atoms with Crippen LogP contribution < -0.4 is 5.56 Å². The second-order valence-electron chi connectivity index (χ2n) is 6.50. The number of halogens is 1. The lowest BCUT2D eigenvalue weighted by atomic mass is 10.1. The Balaban J connectivity index is 1.98. The van der Waals surface area contributed by atoms with Gasteiger partial charge in [0.1, 0.15) is 0 Å². The minimum Gasteiger partial charge on any atom is -0.383 e. The van der Waals surface area contributed by atoms with Crippen molar-refractivity contribution in [3.05, 3.63) is 68.4 Å². The molecule has 7 heteroatoms. The molecule has 0 fully saturated rings. The Hall–Kier alpha value is -1.96. The van der Waals surface area contributed by atoms with Gasteiger partial charge in [-0.15, -0.1) is 0 Å². The summed E-state index contributed by atoms with van der Waals surface area (Å²) in [4.78, 5) is 30.5. The van der Waals surface area contributed by atoms with Gasteiger partial charge in [-0.1, -0.05) is 57.5 Å². The summed E-state index contributed by atoms with van der Waals surface area (Å²) in [5.41, 5.74) is 2.23. The van der Waals surface area contributed by atoms with Crippen molar-refractivity contribution in [3.8, 4) is 0 Å². The summed E-state index contributed by atoms with van der Waals surface area (Å²) >= 11 is 4.70. The van der Waals surface area contributed by atoms with Crippen LogP contribution in [0.2, 0.25) is 0 Å². The van der Waals surface area contributed by atoms with Crippen molar-refractivity contribution in [2.75, 3.05) is 13.7 Å². The Kier molecular flexibility index (Phi) is 6.69. The summed E-state index contributed by atoms with van der Waals surface area (Å²) in [5.74, 6) is 0.00782. The zero-order valence-corrected chi connectivity index (χ0v) is 18.3. The van der Waals surface area contributed by atoms with Crippen LogP contribution in [0.15, 0.2) is 56.9 Å². The molecule has 0 aliphatic carbocycles. The first-order valence-corrected chi connectivity index (χ1v) is 10.5. The van der Waals surface area contributed by atoms with Gasteiger partial charge in [-0.2, -0.15) is 0 Å². The van der Waals surface area contributed by atoms with Gasteiger partial charge in [0.25, 0.3) is 5.56 Å². The largest absolute Gasteiger partial charge is 0.383 e. The number of ketones is 1. The highest BCUT2D eigenvalue weighted by atomic mass is 79.9. The maximum atomic E-state index is 13.0. The van der Waals surface area contributed by atoms with E-state index >= 15 is 0 Å². The third-order valence-corrected chi connectivity index (χ3v) is 5.97. The fourth-order valence-electron chi connectivity index (χ4n) is 2.81. The maximum absolute atomic E-state index is 13.0. The van der Waals surface area contributed by atoms with Gasteiger partial charge in [-0.3, -0.25) is 14.2 Å². The van der Waals surface area contributed by atoms with E-state index in [9.17, 15) is 9.59 Å². The molecule has 3 rings (SSSR count). The van der Waals surface area contributed by atoms with Gasteiger partial charge in [0.05, 0.1) is 29.3 Å². The molecule has 0 aliphatic heterocycles. The van der Waals surface area contributed by atoms with Crippen molar-refractivity contribution >= 4 is 44.4 Å². The van der Waals surface area contributed by atoms with Crippen LogP contribution in [-0.2, 0) is 11.3 Å². The number of aromatic nitrogens is 2. The molecule has 1 unspecified atom stereocenters. The molecule has 0 amide bonds. The molecular weight excluding hydrogens is 440 g/mol. The molecule has 5 nitrogen and oxygen atoms in total. The molecule has 1 atom stereocenters. The SMILES string of the molecule is COCCn1c(SC(C)C(=O)c2ccc(C)cc2)nc2ccc(Br)cc2c1=O. The highest BCUT2D eigenvalue weighted by molar-refractivity contribution is 9.10. The first-order chi connectivity index (χ1) is 13.4. The molecule has 0 bridgehead atoms. The van der Waals surface area contributed by atoms with Gasteiger partial charge < -0.3 is 4.74 Å². The molecule has 0 spiro atoms. The molecule has 0 saturated heterocycles. The minimum absolute atomic E-state index is 0.00782. The van der Waals surface area contributed by atoms with E-state index in [-0.39, 0.29) is 16.6 Å². The summed E-state index contributed by atoms with van der Waals surface area (Å²) in [6, 6.07) is 12.9. The molecule has 28 heavy (non-hydrogen) atoms. The van der Waals surface area contributed by atoms with E-state index in [0.717, 1.165) is 10.0 Å². The van der Waals surface area contributed by atoms with Crippen LogP contribution >= 0.6 is 27.7 Å². The number of ether oxygens (including phenoxy) is 1. The van der Waals surface area contributed by atoms with E-state index in [2.05, 4.69) is 20.9 Å². The van der Waals surface area contributed by atoms with Gasteiger partial charge >= 0.3 is 0 Å². The number of thioether (sulfide) groups is 1. The van der Waals surface area contributed by atoms with Crippen LogP contribution in [0.4, 0.5) is 0 Å². The predicted octanol–water partition coefficient (Wildman–Crippen LogP) is 4.48. The molecule has 1 heterocycles. The van der Waals surface area contributed by atoms with Gasteiger partial charge in [0.2, 0.25) is 0 Å². The number of Topliss-reactive ketones (excluding diaryl/α,β-unsaturated/α-hetero) is 1. The third-order valence-electron chi connectivity index (χ3n) is 4.39. The average Bonchev–Trinajstić information content (AvgIpc) is 2.68. The van der Waals surface area contributed by atoms with Crippen molar-refractivity contribution in [2.24, 2.45) is 0 Å². The minimum atomic E-state index is -0.378. The smallest absolute Gasteiger partial charge is 0.262 e. The van der Waals surface area contributed by atoms with E-state index < -0.39 is 0 Å². The van der Waals surface area contributed by atoms with E-state index in [0.29, 0.717) is 34.8 Å². The van der Waals surface area contributed by atoms with Gasteiger partial charge in [0.15, 0.2) is 10.9 Å². The molecule has 2 aromatic carbocycles. The second kappa shape index (κ2) is 9.03. The standard InChI is InChI=1S/C21H21BrN2O3S/c1-13-4-6-15(7-5-13)19(25)14(2)28-21-23-18-9-8-16(22)12-17(18)20(26)24(21)10-11-27-3/h4-9,12,14H,10-11H2,1-3H3. The summed E-state index contributed by atoms with van der Waals surface area (Å²) in [7, 11) is 1.59. The fraction of sp³-hybridized carbons (Fsp3) is 0.286. The lowest BCUT2D eigenvalue weighted by Gasteiger charge is -2.16. The van der Waals surface area contributed by atoms with E-state index in [1.165, 1.54) is 11.8 Å². The van der Waals surface area contributed by atoms with Crippen molar-refractivity contribution in [2.45, 2.75) is 30.8 Å². The Morgan fingerprint density at radius 3 is 2.64 bits per heavy atom. The Labute approximate surface area is 176 Å². The first kappa shape index (κ1) is 20.8. The molecule has 0 radical (unpaired) electrons. The van der Waals surface area contributed by atoms with Gasteiger partial charge in [-0.05, 0) is 32.0 Å². The lowest BCUT2D eigenvalue weighted by molar-refractivity contribution is 0.0994. The molecule has 0 aliphatic rings. The highest BCUT2D eigenvalue weighted by Crippen LogP contribution is 2.26. The first-order valence-electron chi connectivity index (χ1n) is 8.87. The van der Waals surface area contributed by atoms with Crippen LogP contribution in [0.1, 0.15) is 22.8 Å². The van der Waals surface area contributed by atoms with E-state index in [1.54, 1.807) is 23.8 Å². The zero-order valence-electron chi connectivity index (χ0n) is 15.9. The summed E-state index contributed by atoms with van der Waals surface area (Å²) < 4.78 is 7.56. The molecule has 146 valence electrons. The molecule has 0 N–H and O–H groups in total. The van der Waals surface area contributed by atoms with E-state index in [4.69, 9.17) is 4.74 Å². The van der Waals surface area contributed by atoms with E-state index in [1.807, 2.05) is 44.2 Å². The van der Waals surface area contributed by atoms with Crippen molar-refractivity contribution < 1.29 is 9.53 Å². The number of carbonyl (C=O) groups excluding carboxylic acids is 1. The monoisotopic (exact) mass is 460 g/mol. The number of benzene rings is 2. The summed E-state index contributed by atoms with van der Waals surface area (Å²) in [5, 5.41) is 0.675. The van der Waals surface area contributed by atoms with Crippen LogP contribution in [-0.4, -0.2) is 34.3 Å².